The van der Waals surface area contributed by atoms with E-state index in [1.807, 2.05) is 0 Å². The van der Waals surface area contributed by atoms with Crippen LogP contribution in [0.2, 0.25) is 0 Å². The second-order valence-corrected chi connectivity index (χ2v) is 8.50. The summed E-state index contributed by atoms with van der Waals surface area (Å²) in [5.41, 5.74) is 0.585. The Morgan fingerprint density at radius 3 is 2.52 bits per heavy atom. The summed E-state index contributed by atoms with van der Waals surface area (Å²) in [7, 11) is -1.78. The number of aryl methyl sites for hydroxylation is 3. The highest BCUT2D eigenvalue weighted by molar-refractivity contribution is 7.89. The van der Waals surface area contributed by atoms with Crippen molar-refractivity contribution in [1.29, 1.82) is 0 Å². The zero-order valence-corrected chi connectivity index (χ0v) is 15.5. The van der Waals surface area contributed by atoms with E-state index in [-0.39, 0.29) is 16.5 Å². The van der Waals surface area contributed by atoms with Crippen molar-refractivity contribution in [1.82, 2.24) is 23.4 Å². The monoisotopic (exact) mass is 365 g/mol. The maximum absolute atomic E-state index is 12.7. The Kier molecular flexibility index (Phi) is 4.79. The first kappa shape index (κ1) is 17.8. The number of imidazole rings is 1. The van der Waals surface area contributed by atoms with Crippen LogP contribution < -0.4 is 5.56 Å². The quantitative estimate of drug-likeness (QED) is 0.795. The van der Waals surface area contributed by atoms with E-state index in [0.29, 0.717) is 43.9 Å². The first-order chi connectivity index (χ1) is 11.8. The molecule has 0 unspecified atom stereocenters. The van der Waals surface area contributed by atoms with Crippen LogP contribution in [0.25, 0.3) is 0 Å². The van der Waals surface area contributed by atoms with Crippen LogP contribution in [0.3, 0.4) is 0 Å². The van der Waals surface area contributed by atoms with Gasteiger partial charge in [-0.15, -0.1) is 0 Å². The molecule has 0 bridgehead atoms. The Hall–Kier alpha value is -2.00. The number of aromatic nitrogens is 4. The molecule has 3 heterocycles. The minimum atomic E-state index is -3.55. The molecule has 1 aliphatic heterocycles. The van der Waals surface area contributed by atoms with Crippen LogP contribution in [0, 0.1) is 19.8 Å². The molecule has 0 atom stereocenters. The topological polar surface area (TPSA) is 90.1 Å². The molecule has 2 aromatic heterocycles. The van der Waals surface area contributed by atoms with Crippen molar-refractivity contribution in [2.75, 3.05) is 13.1 Å². The van der Waals surface area contributed by atoms with Gasteiger partial charge >= 0.3 is 0 Å². The summed E-state index contributed by atoms with van der Waals surface area (Å²) in [4.78, 5) is 20.3. The third-order valence-electron chi connectivity index (χ3n) is 4.79. The van der Waals surface area contributed by atoms with E-state index in [1.165, 1.54) is 4.31 Å². The van der Waals surface area contributed by atoms with E-state index in [0.717, 1.165) is 0 Å². The Morgan fingerprint density at radius 2 is 1.92 bits per heavy atom. The first-order valence-electron chi connectivity index (χ1n) is 8.30. The molecule has 25 heavy (non-hydrogen) atoms. The molecule has 0 saturated carbocycles. The van der Waals surface area contributed by atoms with E-state index in [1.54, 1.807) is 48.8 Å². The fourth-order valence-electron chi connectivity index (χ4n) is 3.08. The maximum Gasteiger partial charge on any atom is 0.262 e. The van der Waals surface area contributed by atoms with Gasteiger partial charge in [0.15, 0.2) is 5.03 Å². The summed E-state index contributed by atoms with van der Waals surface area (Å²) in [5, 5.41) is 0.102. The summed E-state index contributed by atoms with van der Waals surface area (Å²) >= 11 is 0. The lowest BCUT2D eigenvalue weighted by molar-refractivity contribution is 0.250. The molecule has 0 spiro atoms. The minimum Gasteiger partial charge on any atom is -0.337 e. The molecule has 0 aromatic carbocycles. The Balaban J connectivity index is 1.67. The van der Waals surface area contributed by atoms with Crippen LogP contribution in [0.15, 0.2) is 28.5 Å². The smallest absolute Gasteiger partial charge is 0.262 e. The number of hydrogen-bond donors (Lipinski definition) is 0. The third kappa shape index (κ3) is 3.52. The Bertz CT molecular complexity index is 904. The highest BCUT2D eigenvalue weighted by Gasteiger charge is 2.31. The van der Waals surface area contributed by atoms with Crippen molar-refractivity contribution in [2.45, 2.75) is 38.3 Å². The summed E-state index contributed by atoms with van der Waals surface area (Å²) < 4.78 is 30.2. The van der Waals surface area contributed by atoms with E-state index in [2.05, 4.69) is 9.97 Å². The van der Waals surface area contributed by atoms with Crippen molar-refractivity contribution in [2.24, 2.45) is 13.0 Å². The molecule has 1 fully saturated rings. The summed E-state index contributed by atoms with van der Waals surface area (Å²) in [5.74, 6) is 0.929. The van der Waals surface area contributed by atoms with Crippen LogP contribution in [0.5, 0.6) is 0 Å². The van der Waals surface area contributed by atoms with Gasteiger partial charge in [0.25, 0.3) is 15.6 Å². The average Bonchev–Trinajstić information content (AvgIpc) is 2.92. The summed E-state index contributed by atoms with van der Waals surface area (Å²) in [6.07, 6.45) is 6.09. The molecular formula is C16H23N5O3S. The van der Waals surface area contributed by atoms with E-state index < -0.39 is 10.0 Å². The third-order valence-corrected chi connectivity index (χ3v) is 6.56. The molecule has 8 nitrogen and oxygen atoms in total. The van der Waals surface area contributed by atoms with Gasteiger partial charge in [-0.25, -0.2) is 18.4 Å². The largest absolute Gasteiger partial charge is 0.337 e. The molecule has 2 aromatic rings. The molecule has 0 aliphatic carbocycles. The highest BCUT2D eigenvalue weighted by Crippen LogP contribution is 2.24. The lowest BCUT2D eigenvalue weighted by Crippen LogP contribution is -2.40. The zero-order chi connectivity index (χ0) is 18.2. The van der Waals surface area contributed by atoms with Gasteiger partial charge in [0.2, 0.25) is 0 Å². The van der Waals surface area contributed by atoms with Gasteiger partial charge in [-0.05, 0) is 32.6 Å². The first-order valence-corrected chi connectivity index (χ1v) is 9.74. The van der Waals surface area contributed by atoms with E-state index in [4.69, 9.17) is 0 Å². The molecule has 0 amide bonds. The molecule has 1 aliphatic rings. The van der Waals surface area contributed by atoms with Crippen LogP contribution in [0.1, 0.15) is 24.2 Å². The van der Waals surface area contributed by atoms with Crippen LogP contribution in [-0.2, 0) is 23.6 Å². The fraction of sp³-hybridized carbons (Fsp3) is 0.562. The molecular weight excluding hydrogens is 342 g/mol. The van der Waals surface area contributed by atoms with Crippen molar-refractivity contribution in [3.8, 4) is 0 Å². The number of nitrogens with zero attached hydrogens (tertiary/aromatic N) is 5. The van der Waals surface area contributed by atoms with Gasteiger partial charge in [-0.3, -0.25) is 9.36 Å². The number of piperidine rings is 1. The second kappa shape index (κ2) is 6.72. The van der Waals surface area contributed by atoms with Gasteiger partial charge in [0, 0.05) is 44.6 Å². The van der Waals surface area contributed by atoms with Crippen molar-refractivity contribution < 1.29 is 8.42 Å². The van der Waals surface area contributed by atoms with Crippen LogP contribution in [-0.4, -0.2) is 44.9 Å². The molecule has 1 saturated heterocycles. The molecule has 3 rings (SSSR count). The number of hydrogen-bond acceptors (Lipinski definition) is 5. The lowest BCUT2D eigenvalue weighted by Gasteiger charge is -2.30. The normalized spacial score (nSPS) is 17.1. The Morgan fingerprint density at radius 1 is 1.24 bits per heavy atom. The number of sulfonamides is 1. The van der Waals surface area contributed by atoms with Crippen LogP contribution in [0.4, 0.5) is 0 Å². The minimum absolute atomic E-state index is 0.0333. The fourth-order valence-corrected chi connectivity index (χ4v) is 4.58. The van der Waals surface area contributed by atoms with Gasteiger partial charge in [-0.2, -0.15) is 4.31 Å². The molecule has 136 valence electrons. The standard InChI is InChI=1S/C16H23N5O3S/c1-12-8-17-11-20(16(12)22)9-14-4-6-21(7-5-14)25(23,24)15-10-19(3)13(2)18-15/h8,10-11,14H,4-7,9H2,1-3H3. The maximum atomic E-state index is 12.7. The second-order valence-electron chi connectivity index (χ2n) is 6.62. The SMILES string of the molecule is Cc1cncn(CC2CCN(S(=O)(=O)c3cn(C)c(C)n3)CC2)c1=O. The van der Waals surface area contributed by atoms with E-state index in [9.17, 15) is 13.2 Å². The lowest BCUT2D eigenvalue weighted by atomic mass is 9.98. The van der Waals surface area contributed by atoms with Crippen molar-refractivity contribution in [3.63, 3.8) is 0 Å². The zero-order valence-electron chi connectivity index (χ0n) is 14.7. The Labute approximate surface area is 147 Å². The van der Waals surface area contributed by atoms with Crippen LogP contribution >= 0.6 is 0 Å². The predicted molar refractivity (Wildman–Crippen MR) is 92.7 cm³/mol. The van der Waals surface area contributed by atoms with Gasteiger partial charge in [0.05, 0.1) is 6.33 Å². The number of rotatable bonds is 4. The van der Waals surface area contributed by atoms with Gasteiger partial charge in [0.1, 0.15) is 5.82 Å². The molecule has 0 radical (unpaired) electrons. The summed E-state index contributed by atoms with van der Waals surface area (Å²) in [6.45, 7) is 4.98. The van der Waals surface area contributed by atoms with Gasteiger partial charge in [-0.1, -0.05) is 0 Å². The molecule has 9 heteroatoms. The van der Waals surface area contributed by atoms with Crippen molar-refractivity contribution in [3.05, 3.63) is 40.5 Å². The van der Waals surface area contributed by atoms with Gasteiger partial charge < -0.3 is 4.57 Å². The van der Waals surface area contributed by atoms with Crippen molar-refractivity contribution >= 4 is 10.0 Å². The average molecular weight is 365 g/mol. The highest BCUT2D eigenvalue weighted by atomic mass is 32.2. The molecule has 0 N–H and O–H groups in total. The summed E-state index contributed by atoms with van der Waals surface area (Å²) in [6, 6.07) is 0. The predicted octanol–water partition coefficient (Wildman–Crippen LogP) is 0.695. The van der Waals surface area contributed by atoms with E-state index >= 15 is 0 Å².